The summed E-state index contributed by atoms with van der Waals surface area (Å²) in [5.41, 5.74) is 0.215. The van der Waals surface area contributed by atoms with Crippen LogP contribution in [0.4, 0.5) is 0 Å². The molecule has 0 fully saturated rings. The van der Waals surface area contributed by atoms with Crippen LogP contribution in [0.3, 0.4) is 0 Å². The van der Waals surface area contributed by atoms with Gasteiger partial charge in [0.2, 0.25) is 0 Å². The Kier molecular flexibility index (Phi) is 3.75. The van der Waals surface area contributed by atoms with Crippen LogP contribution >= 0.6 is 18.3 Å². The largest absolute Gasteiger partial charge is 0.345 e. The summed E-state index contributed by atoms with van der Waals surface area (Å²) in [6.07, 6.45) is 0. The van der Waals surface area contributed by atoms with E-state index in [9.17, 15) is 0 Å². The molecule has 0 amide bonds. The van der Waals surface area contributed by atoms with Crippen LogP contribution in [0.25, 0.3) is 0 Å². The van der Waals surface area contributed by atoms with E-state index in [2.05, 4.69) is 11.8 Å². The van der Waals surface area contributed by atoms with E-state index in [4.69, 9.17) is 9.79 Å². The zero-order valence-electron chi connectivity index (χ0n) is 6.25. The molecule has 0 radical (unpaired) electrons. The zero-order chi connectivity index (χ0) is 9.03. The number of benzene rings is 1. The molecular weight excluding hydrogens is 211 g/mol. The third-order valence-electron chi connectivity index (χ3n) is 1.14. The third kappa shape index (κ3) is 4.24. The average molecular weight is 220 g/mol. The van der Waals surface area contributed by atoms with Gasteiger partial charge in [-0.3, -0.25) is 0 Å². The van der Waals surface area contributed by atoms with Crippen molar-refractivity contribution < 1.29 is 9.79 Å². The Balaban J connectivity index is 2.50. The summed E-state index contributed by atoms with van der Waals surface area (Å²) in [5.74, 6) is 0. The molecule has 2 nitrogen and oxygen atoms in total. The summed E-state index contributed by atoms with van der Waals surface area (Å²) in [7, 11) is 0. The molecule has 1 aromatic rings. The van der Waals surface area contributed by atoms with E-state index < -0.39 is 6.49 Å². The lowest BCUT2D eigenvalue weighted by molar-refractivity contribution is 0.486. The second-order valence-electron chi connectivity index (χ2n) is 2.25. The normalized spacial score (nSPS) is 11.5. The monoisotopic (exact) mass is 220 g/mol. The maximum atomic E-state index is 8.94. The highest BCUT2D eigenvalue weighted by Crippen LogP contribution is 2.41. The first-order valence-corrected chi connectivity index (χ1v) is 7.18. The first-order valence-electron chi connectivity index (χ1n) is 3.30. The van der Waals surface area contributed by atoms with Crippen LogP contribution in [0, 0.1) is 0 Å². The van der Waals surface area contributed by atoms with Crippen LogP contribution in [0.5, 0.6) is 0 Å². The summed E-state index contributed by atoms with van der Waals surface area (Å²) in [6, 6.07) is 9.55. The predicted molar refractivity (Wildman–Crippen MR) is 55.9 cm³/mol. The fourth-order valence-corrected chi connectivity index (χ4v) is 2.77. The van der Waals surface area contributed by atoms with Crippen LogP contribution in [0.2, 0.25) is 0 Å². The lowest BCUT2D eigenvalue weighted by Crippen LogP contribution is -1.80. The maximum absolute atomic E-state index is 8.94. The topological polar surface area (TPSA) is 40.5 Å². The van der Waals surface area contributed by atoms with Crippen LogP contribution in [-0.4, -0.2) is 15.3 Å². The van der Waals surface area contributed by atoms with Crippen molar-refractivity contribution in [1.82, 2.24) is 0 Å². The summed E-state index contributed by atoms with van der Waals surface area (Å²) in [4.78, 5) is 18.9. The lowest BCUT2D eigenvalue weighted by atomic mass is 10.4. The van der Waals surface area contributed by atoms with Crippen molar-refractivity contribution in [3.05, 3.63) is 30.3 Å². The molecule has 2 N–H and O–H groups in total. The molecule has 0 unspecified atom stereocenters. The van der Waals surface area contributed by atoms with Gasteiger partial charge in [-0.15, -0.1) is 11.8 Å². The van der Waals surface area contributed by atoms with Gasteiger partial charge in [-0.05, 0) is 23.9 Å². The number of hydrogen-bond acceptors (Lipinski definition) is 2. The van der Waals surface area contributed by atoms with E-state index in [0.29, 0.717) is 0 Å². The molecule has 1 rings (SSSR count). The molecule has 0 aromatic heterocycles. The van der Waals surface area contributed by atoms with Crippen LogP contribution in [0.1, 0.15) is 0 Å². The van der Waals surface area contributed by atoms with E-state index in [1.807, 2.05) is 30.3 Å². The van der Waals surface area contributed by atoms with E-state index in [0.717, 1.165) is 4.90 Å². The molecule has 0 saturated heterocycles. The van der Waals surface area contributed by atoms with E-state index in [-0.39, 0.29) is 5.49 Å². The van der Waals surface area contributed by atoms with Crippen LogP contribution in [-0.2, 0) is 11.8 Å². The molecule has 0 atom stereocenters. The quantitative estimate of drug-likeness (QED) is 0.604. The molecule has 66 valence electrons. The number of thioether (sulfide) groups is 1. The lowest BCUT2D eigenvalue weighted by Gasteiger charge is -2.05. The smallest absolute Gasteiger partial charge is 0.193 e. The van der Waals surface area contributed by atoms with Gasteiger partial charge in [-0.1, -0.05) is 18.2 Å². The second kappa shape index (κ2) is 4.40. The fourth-order valence-electron chi connectivity index (χ4n) is 0.675. The fraction of sp³-hybridized carbons (Fsp3) is 0.143. The van der Waals surface area contributed by atoms with Crippen molar-refractivity contribution >= 4 is 30.1 Å². The summed E-state index contributed by atoms with van der Waals surface area (Å²) in [6.45, 7) is -3.03. The molecule has 0 spiro atoms. The molecule has 0 saturated carbocycles. The number of hydrogen-bond donors (Lipinski definition) is 2. The highest BCUT2D eigenvalue weighted by Gasteiger charge is 2.06. The predicted octanol–water partition coefficient (Wildman–Crippen LogP) is 2.03. The van der Waals surface area contributed by atoms with E-state index in [1.54, 1.807) is 0 Å². The van der Waals surface area contributed by atoms with Gasteiger partial charge in [0, 0.05) is 4.90 Å². The molecule has 5 heteroatoms. The Morgan fingerprint density at radius 3 is 2.33 bits per heavy atom. The zero-order valence-corrected chi connectivity index (χ0v) is 8.78. The molecule has 12 heavy (non-hydrogen) atoms. The maximum Gasteiger partial charge on any atom is 0.193 e. The van der Waals surface area contributed by atoms with Crippen molar-refractivity contribution in [1.29, 1.82) is 0 Å². The second-order valence-corrected chi connectivity index (χ2v) is 7.13. The van der Waals surface area contributed by atoms with Gasteiger partial charge in [-0.25, -0.2) is 0 Å². The van der Waals surface area contributed by atoms with Gasteiger partial charge in [0.25, 0.3) is 0 Å². The highest BCUT2D eigenvalue weighted by atomic mass is 32.5. The molecular formula is C7H9O2PS2. The molecule has 0 aliphatic heterocycles. The highest BCUT2D eigenvalue weighted by molar-refractivity contribution is 8.17. The molecule has 0 aliphatic carbocycles. The minimum absolute atomic E-state index is 0.215. The van der Waals surface area contributed by atoms with Gasteiger partial charge in [0.15, 0.2) is 6.49 Å². The minimum atomic E-state index is -3.03. The van der Waals surface area contributed by atoms with Crippen LogP contribution in [0.15, 0.2) is 35.2 Å². The molecule has 1 aromatic carbocycles. The Bertz CT molecular complexity index is 283. The van der Waals surface area contributed by atoms with E-state index >= 15 is 0 Å². The summed E-state index contributed by atoms with van der Waals surface area (Å²) in [5, 5.41) is 0. The Morgan fingerprint density at radius 1 is 1.25 bits per heavy atom. The van der Waals surface area contributed by atoms with Crippen molar-refractivity contribution in [3.8, 4) is 0 Å². The summed E-state index contributed by atoms with van der Waals surface area (Å²) < 4.78 is 0. The summed E-state index contributed by atoms with van der Waals surface area (Å²) >= 11 is 5.86. The first kappa shape index (κ1) is 10.2. The average Bonchev–Trinajstić information content (AvgIpc) is 2.02. The van der Waals surface area contributed by atoms with Crippen LogP contribution < -0.4 is 0 Å². The van der Waals surface area contributed by atoms with Crippen molar-refractivity contribution in [2.75, 3.05) is 5.49 Å². The standard InChI is InChI=1S/C7H9O2PS2/c8-10(9,11)6-12-7-4-2-1-3-5-7/h1-5H,6H2,(H2,8,9,11). The SMILES string of the molecule is OP(O)(=S)CSc1ccccc1. The molecule has 0 aliphatic rings. The Hall–Kier alpha value is 0.140. The van der Waals surface area contributed by atoms with Gasteiger partial charge in [-0.2, -0.15) is 0 Å². The Morgan fingerprint density at radius 2 is 1.83 bits per heavy atom. The molecule has 0 heterocycles. The van der Waals surface area contributed by atoms with Gasteiger partial charge in [0.1, 0.15) is 0 Å². The third-order valence-corrected chi connectivity index (χ3v) is 4.56. The first-order chi connectivity index (χ1) is 5.58. The molecule has 0 bridgehead atoms. The Labute approximate surface area is 80.8 Å². The minimum Gasteiger partial charge on any atom is -0.345 e. The van der Waals surface area contributed by atoms with Gasteiger partial charge in [0.05, 0.1) is 5.49 Å². The number of rotatable bonds is 3. The van der Waals surface area contributed by atoms with Gasteiger partial charge < -0.3 is 9.79 Å². The van der Waals surface area contributed by atoms with E-state index in [1.165, 1.54) is 11.8 Å². The van der Waals surface area contributed by atoms with Crippen molar-refractivity contribution in [3.63, 3.8) is 0 Å². The van der Waals surface area contributed by atoms with Crippen molar-refractivity contribution in [2.45, 2.75) is 4.90 Å². The van der Waals surface area contributed by atoms with Crippen molar-refractivity contribution in [2.24, 2.45) is 0 Å². The van der Waals surface area contributed by atoms with Gasteiger partial charge >= 0.3 is 0 Å².